The topological polar surface area (TPSA) is 92.6 Å². The number of imidazole rings is 1. The lowest BCUT2D eigenvalue weighted by atomic mass is 9.94. The van der Waals surface area contributed by atoms with Crippen LogP contribution >= 0.6 is 11.6 Å². The number of hydrogen-bond donors (Lipinski definition) is 1. The first kappa shape index (κ1) is 28.1. The highest BCUT2D eigenvalue weighted by molar-refractivity contribution is 6.30. The maximum absolute atomic E-state index is 13.8. The average Bonchev–Trinajstić information content (AvgIpc) is 3.38. The van der Waals surface area contributed by atoms with Gasteiger partial charge in [0.25, 0.3) is 0 Å². The highest BCUT2D eigenvalue weighted by Gasteiger charge is 2.42. The number of nitrogens with one attached hydrogen (secondary N) is 1. The molecule has 0 bridgehead atoms. The SMILES string of the molecule is CC(C)(C)OC(=O)N1CCN(C2c3ccc(Cl)cc3CCc3cccnc32)C(C(=O)NCCCn2ccnc2)C1. The normalized spacial score (nSPS) is 19.4. The molecular formula is C30H37ClN6O3. The summed E-state index contributed by atoms with van der Waals surface area (Å²) in [5.74, 6) is -0.115. The van der Waals surface area contributed by atoms with Crippen molar-refractivity contribution in [1.82, 2.24) is 29.7 Å². The van der Waals surface area contributed by atoms with Gasteiger partial charge in [-0.3, -0.25) is 14.7 Å². The van der Waals surface area contributed by atoms with Gasteiger partial charge < -0.3 is 19.5 Å². The number of aromatic nitrogens is 3. The maximum atomic E-state index is 13.8. The number of piperazine rings is 1. The van der Waals surface area contributed by atoms with Gasteiger partial charge in [0, 0.05) is 56.3 Å². The van der Waals surface area contributed by atoms with Crippen LogP contribution < -0.4 is 5.32 Å². The third-order valence-electron chi connectivity index (χ3n) is 7.41. The van der Waals surface area contributed by atoms with E-state index in [2.05, 4.69) is 27.3 Å². The van der Waals surface area contributed by atoms with Gasteiger partial charge in [0.05, 0.1) is 18.1 Å². The Morgan fingerprint density at radius 2 is 1.95 bits per heavy atom. The third kappa shape index (κ3) is 6.47. The first-order chi connectivity index (χ1) is 19.2. The van der Waals surface area contributed by atoms with E-state index in [1.165, 1.54) is 0 Å². The molecule has 1 aromatic carbocycles. The van der Waals surface area contributed by atoms with Crippen molar-refractivity contribution >= 4 is 23.6 Å². The fourth-order valence-corrected chi connectivity index (χ4v) is 5.75. The van der Waals surface area contributed by atoms with E-state index in [0.717, 1.165) is 48.2 Å². The molecule has 9 nitrogen and oxygen atoms in total. The number of ether oxygens (including phenoxy) is 1. The number of pyridine rings is 1. The lowest BCUT2D eigenvalue weighted by molar-refractivity contribution is -0.129. The number of hydrogen-bond acceptors (Lipinski definition) is 6. The molecule has 2 amide bonds. The Morgan fingerprint density at radius 3 is 2.73 bits per heavy atom. The summed E-state index contributed by atoms with van der Waals surface area (Å²) in [6.07, 6.45) is 9.27. The molecule has 2 atom stereocenters. The van der Waals surface area contributed by atoms with Crippen molar-refractivity contribution in [2.75, 3.05) is 26.2 Å². The Balaban J connectivity index is 1.44. The summed E-state index contributed by atoms with van der Waals surface area (Å²) in [5.41, 5.74) is 3.75. The van der Waals surface area contributed by atoms with Crippen molar-refractivity contribution in [3.8, 4) is 0 Å². The molecule has 1 fully saturated rings. The maximum Gasteiger partial charge on any atom is 0.410 e. The van der Waals surface area contributed by atoms with E-state index in [1.54, 1.807) is 17.4 Å². The Labute approximate surface area is 240 Å². The van der Waals surface area contributed by atoms with Gasteiger partial charge in [-0.2, -0.15) is 0 Å². The minimum atomic E-state index is -0.623. The third-order valence-corrected chi connectivity index (χ3v) is 7.64. The summed E-state index contributed by atoms with van der Waals surface area (Å²) in [4.78, 5) is 39.7. The van der Waals surface area contributed by atoms with Crippen LogP contribution in [0.15, 0.2) is 55.2 Å². The summed E-state index contributed by atoms with van der Waals surface area (Å²) >= 11 is 6.41. The number of carbonyl (C=O) groups excluding carboxylic acids is 2. The van der Waals surface area contributed by atoms with Crippen LogP contribution in [0.25, 0.3) is 0 Å². The van der Waals surface area contributed by atoms with Crippen molar-refractivity contribution < 1.29 is 14.3 Å². The molecule has 0 radical (unpaired) electrons. The lowest BCUT2D eigenvalue weighted by Gasteiger charge is -2.44. The number of halogens is 1. The molecule has 10 heteroatoms. The zero-order valence-corrected chi connectivity index (χ0v) is 24.1. The fraction of sp³-hybridized carbons (Fsp3) is 0.467. The van der Waals surface area contributed by atoms with Gasteiger partial charge in [-0.1, -0.05) is 23.7 Å². The van der Waals surface area contributed by atoms with Gasteiger partial charge in [-0.25, -0.2) is 9.78 Å². The molecule has 2 aliphatic rings. The van der Waals surface area contributed by atoms with Crippen LogP contribution in [0.1, 0.15) is 55.6 Å². The Hall–Kier alpha value is -3.43. The highest BCUT2D eigenvalue weighted by Crippen LogP contribution is 2.38. The van der Waals surface area contributed by atoms with Crippen LogP contribution in [0, 0.1) is 0 Å². The number of carbonyl (C=O) groups is 2. The van der Waals surface area contributed by atoms with E-state index in [1.807, 2.05) is 55.9 Å². The minimum absolute atomic E-state index is 0.115. The number of aryl methyl sites for hydroxylation is 3. The molecular weight excluding hydrogens is 528 g/mol. The van der Waals surface area contributed by atoms with E-state index < -0.39 is 17.7 Å². The molecule has 40 heavy (non-hydrogen) atoms. The number of rotatable bonds is 6. The quantitative estimate of drug-likeness (QED) is 0.450. The van der Waals surface area contributed by atoms with Crippen molar-refractivity contribution in [3.63, 3.8) is 0 Å². The Morgan fingerprint density at radius 1 is 1.12 bits per heavy atom. The van der Waals surface area contributed by atoms with Crippen LogP contribution in [0.3, 0.4) is 0 Å². The van der Waals surface area contributed by atoms with E-state index in [9.17, 15) is 9.59 Å². The van der Waals surface area contributed by atoms with Gasteiger partial charge >= 0.3 is 6.09 Å². The summed E-state index contributed by atoms with van der Waals surface area (Å²) in [5, 5.41) is 3.82. The lowest BCUT2D eigenvalue weighted by Crippen LogP contribution is -2.61. The smallest absolute Gasteiger partial charge is 0.410 e. The zero-order chi connectivity index (χ0) is 28.3. The molecule has 0 spiro atoms. The molecule has 3 heterocycles. The summed E-state index contributed by atoms with van der Waals surface area (Å²) in [6.45, 7) is 7.98. The number of amides is 2. The summed E-state index contributed by atoms with van der Waals surface area (Å²) < 4.78 is 7.66. The van der Waals surface area contributed by atoms with Crippen LogP contribution in [0.5, 0.6) is 0 Å². The second-order valence-corrected chi connectivity index (χ2v) is 11.9. The van der Waals surface area contributed by atoms with E-state index >= 15 is 0 Å². The largest absolute Gasteiger partial charge is 0.444 e. The number of nitrogens with zero attached hydrogens (tertiary/aromatic N) is 5. The molecule has 5 rings (SSSR count). The molecule has 3 aromatic rings. The minimum Gasteiger partial charge on any atom is -0.444 e. The highest BCUT2D eigenvalue weighted by atomic mass is 35.5. The van der Waals surface area contributed by atoms with Crippen molar-refractivity contribution in [3.05, 3.63) is 82.7 Å². The van der Waals surface area contributed by atoms with Crippen LogP contribution in [0.2, 0.25) is 5.02 Å². The van der Waals surface area contributed by atoms with Crippen LogP contribution in [0.4, 0.5) is 4.79 Å². The summed E-state index contributed by atoms with van der Waals surface area (Å²) in [7, 11) is 0. The second kappa shape index (κ2) is 12.0. The first-order valence-corrected chi connectivity index (χ1v) is 14.3. The van der Waals surface area contributed by atoms with Crippen LogP contribution in [-0.4, -0.2) is 74.2 Å². The molecule has 1 N–H and O–H groups in total. The van der Waals surface area contributed by atoms with Gasteiger partial charge in [0.1, 0.15) is 11.6 Å². The predicted molar refractivity (Wildman–Crippen MR) is 153 cm³/mol. The molecule has 1 saturated heterocycles. The Bertz CT molecular complexity index is 1340. The molecule has 2 aromatic heterocycles. The van der Waals surface area contributed by atoms with E-state index in [4.69, 9.17) is 21.3 Å². The fourth-order valence-electron chi connectivity index (χ4n) is 5.56. The van der Waals surface area contributed by atoms with Crippen molar-refractivity contribution in [2.45, 2.75) is 64.3 Å². The monoisotopic (exact) mass is 564 g/mol. The first-order valence-electron chi connectivity index (χ1n) is 13.9. The molecule has 1 aliphatic carbocycles. The van der Waals surface area contributed by atoms with Crippen LogP contribution in [-0.2, 0) is 28.9 Å². The average molecular weight is 565 g/mol. The van der Waals surface area contributed by atoms with Crippen molar-refractivity contribution in [1.29, 1.82) is 0 Å². The summed E-state index contributed by atoms with van der Waals surface area (Å²) in [6, 6.07) is 9.24. The molecule has 2 unspecified atom stereocenters. The molecule has 0 saturated carbocycles. The van der Waals surface area contributed by atoms with Gasteiger partial charge in [0.2, 0.25) is 5.91 Å². The number of benzene rings is 1. The number of fused-ring (bicyclic) bond motifs is 2. The molecule has 212 valence electrons. The standard InChI is InChI=1S/C30H37ClN6O3/c1-30(2,3)40-29(39)36-16-17-37(25(19-36)28(38)34-12-5-14-35-15-13-32-20-35)27-24-10-9-23(31)18-22(24)8-7-21-6-4-11-33-26(21)27/h4,6,9-11,13,15,18,20,25,27H,5,7-8,12,14,16-17,19H2,1-3H3,(H,34,38). The zero-order valence-electron chi connectivity index (χ0n) is 23.3. The van der Waals surface area contributed by atoms with Gasteiger partial charge in [-0.05, 0) is 74.9 Å². The molecule has 1 aliphatic heterocycles. The van der Waals surface area contributed by atoms with E-state index in [-0.39, 0.29) is 18.5 Å². The predicted octanol–water partition coefficient (Wildman–Crippen LogP) is 4.25. The second-order valence-electron chi connectivity index (χ2n) is 11.4. The van der Waals surface area contributed by atoms with Crippen molar-refractivity contribution in [2.24, 2.45) is 0 Å². The van der Waals surface area contributed by atoms with Gasteiger partial charge in [0.15, 0.2) is 0 Å². The van der Waals surface area contributed by atoms with Gasteiger partial charge in [-0.15, -0.1) is 0 Å². The Kier molecular flexibility index (Phi) is 8.42. The van der Waals surface area contributed by atoms with E-state index in [0.29, 0.717) is 24.7 Å².